The molecule has 0 aliphatic rings. The molecule has 0 radical (unpaired) electrons. The summed E-state index contributed by atoms with van der Waals surface area (Å²) in [5.74, 6) is 0.126. The molecule has 0 aliphatic heterocycles. The lowest BCUT2D eigenvalue weighted by atomic mass is 10.4. The molecule has 0 spiro atoms. The molecule has 1 heterocycles. The normalized spacial score (nSPS) is 9.47. The molecule has 0 saturated carbocycles. The van der Waals surface area contributed by atoms with Gasteiger partial charge in [0.1, 0.15) is 0 Å². The summed E-state index contributed by atoms with van der Waals surface area (Å²) >= 11 is 3.22. The Kier molecular flexibility index (Phi) is 7.46. The number of carbonyl (C=O) groups is 1. The van der Waals surface area contributed by atoms with Crippen molar-refractivity contribution in [1.82, 2.24) is 10.6 Å². The Labute approximate surface area is 103 Å². The molecule has 1 aromatic heterocycles. The van der Waals surface area contributed by atoms with Crippen LogP contribution in [0.4, 0.5) is 0 Å². The van der Waals surface area contributed by atoms with Crippen molar-refractivity contribution >= 4 is 34.2 Å². The van der Waals surface area contributed by atoms with Crippen LogP contribution in [0.5, 0.6) is 0 Å². The molecule has 0 aliphatic carbocycles. The van der Waals surface area contributed by atoms with E-state index in [9.17, 15) is 4.79 Å². The van der Waals surface area contributed by atoms with E-state index in [-0.39, 0.29) is 18.3 Å². The zero-order valence-corrected chi connectivity index (χ0v) is 10.8. The van der Waals surface area contributed by atoms with E-state index in [1.807, 2.05) is 6.92 Å². The highest BCUT2D eigenvalue weighted by atomic mass is 79.9. The first-order valence-electron chi connectivity index (χ1n) is 4.47. The van der Waals surface area contributed by atoms with Gasteiger partial charge in [-0.05, 0) is 28.5 Å². The third kappa shape index (κ3) is 4.68. The van der Waals surface area contributed by atoms with Crippen molar-refractivity contribution in [2.24, 2.45) is 0 Å². The van der Waals surface area contributed by atoms with Gasteiger partial charge in [0, 0.05) is 13.1 Å². The van der Waals surface area contributed by atoms with E-state index >= 15 is 0 Å². The predicted molar refractivity (Wildman–Crippen MR) is 64.5 cm³/mol. The van der Waals surface area contributed by atoms with Gasteiger partial charge in [-0.3, -0.25) is 4.79 Å². The molecule has 2 N–H and O–H groups in total. The van der Waals surface area contributed by atoms with Gasteiger partial charge in [-0.2, -0.15) is 0 Å². The Balaban J connectivity index is 0.00000196. The first kappa shape index (κ1) is 14.5. The lowest BCUT2D eigenvalue weighted by molar-refractivity contribution is 0.0925. The Morgan fingerprint density at radius 2 is 2.27 bits per heavy atom. The molecule has 1 aromatic rings. The number of halogens is 2. The van der Waals surface area contributed by atoms with Crippen molar-refractivity contribution < 1.29 is 9.21 Å². The molecule has 0 fully saturated rings. The zero-order chi connectivity index (χ0) is 10.4. The second-order valence-electron chi connectivity index (χ2n) is 2.71. The third-order valence-electron chi connectivity index (χ3n) is 1.66. The number of amides is 1. The number of furan rings is 1. The minimum Gasteiger partial charge on any atom is -0.458 e. The number of likely N-dealkylation sites (N-methyl/N-ethyl adjacent to an activating group) is 1. The Morgan fingerprint density at radius 1 is 1.53 bits per heavy atom. The van der Waals surface area contributed by atoms with Crippen LogP contribution in [0.2, 0.25) is 0 Å². The molecule has 15 heavy (non-hydrogen) atoms. The molecule has 1 amide bonds. The number of nitrogens with one attached hydrogen (secondary N) is 2. The maximum absolute atomic E-state index is 11.4. The van der Waals surface area contributed by atoms with Gasteiger partial charge in [-0.1, -0.05) is 6.92 Å². The van der Waals surface area contributed by atoms with Gasteiger partial charge in [0.15, 0.2) is 0 Å². The lowest BCUT2D eigenvalue weighted by Gasteiger charge is -2.03. The van der Waals surface area contributed by atoms with Gasteiger partial charge >= 0.3 is 0 Å². The monoisotopic (exact) mass is 296 g/mol. The van der Waals surface area contributed by atoms with Crippen LogP contribution < -0.4 is 10.6 Å². The van der Waals surface area contributed by atoms with E-state index in [2.05, 4.69) is 26.6 Å². The topological polar surface area (TPSA) is 54.3 Å². The first-order chi connectivity index (χ1) is 6.75. The number of hydrogen-bond acceptors (Lipinski definition) is 3. The first-order valence-corrected chi connectivity index (χ1v) is 5.27. The van der Waals surface area contributed by atoms with Crippen LogP contribution in [0, 0.1) is 0 Å². The van der Waals surface area contributed by atoms with Crippen molar-refractivity contribution in [1.29, 1.82) is 0 Å². The third-order valence-corrected chi connectivity index (χ3v) is 2.29. The molecule has 0 atom stereocenters. The van der Waals surface area contributed by atoms with Crippen LogP contribution in [-0.2, 0) is 0 Å². The van der Waals surface area contributed by atoms with E-state index in [1.54, 1.807) is 6.07 Å². The maximum Gasteiger partial charge on any atom is 0.288 e. The summed E-state index contributed by atoms with van der Waals surface area (Å²) in [5, 5.41) is 5.84. The SMILES string of the molecule is CCNCCNC(=O)c1occc1Br.Cl. The summed E-state index contributed by atoms with van der Waals surface area (Å²) in [4.78, 5) is 11.4. The largest absolute Gasteiger partial charge is 0.458 e. The zero-order valence-electron chi connectivity index (χ0n) is 8.38. The average molecular weight is 298 g/mol. The lowest BCUT2D eigenvalue weighted by Crippen LogP contribution is -2.31. The van der Waals surface area contributed by atoms with Crippen molar-refractivity contribution in [2.45, 2.75) is 6.92 Å². The fourth-order valence-corrected chi connectivity index (χ4v) is 1.36. The molecular formula is C9H14BrClN2O2. The van der Waals surface area contributed by atoms with Crippen LogP contribution in [0.1, 0.15) is 17.5 Å². The van der Waals surface area contributed by atoms with Crippen molar-refractivity contribution in [3.8, 4) is 0 Å². The number of carbonyl (C=O) groups excluding carboxylic acids is 1. The molecule has 1 rings (SSSR count). The highest BCUT2D eigenvalue weighted by molar-refractivity contribution is 9.10. The average Bonchev–Trinajstić information content (AvgIpc) is 2.59. The predicted octanol–water partition coefficient (Wildman–Crippen LogP) is 1.80. The van der Waals surface area contributed by atoms with E-state index < -0.39 is 0 Å². The van der Waals surface area contributed by atoms with E-state index in [1.165, 1.54) is 6.26 Å². The van der Waals surface area contributed by atoms with Crippen LogP contribution in [-0.4, -0.2) is 25.5 Å². The summed E-state index contributed by atoms with van der Waals surface area (Å²) in [5.41, 5.74) is 0. The van der Waals surface area contributed by atoms with E-state index in [0.29, 0.717) is 16.8 Å². The van der Waals surface area contributed by atoms with Gasteiger partial charge in [0.05, 0.1) is 10.7 Å². The standard InChI is InChI=1S/C9H13BrN2O2.ClH/c1-2-11-4-5-12-9(13)8-7(10)3-6-14-8;/h3,6,11H,2,4-5H2,1H3,(H,12,13);1H. The molecule has 6 heteroatoms. The van der Waals surface area contributed by atoms with Crippen LogP contribution >= 0.6 is 28.3 Å². The van der Waals surface area contributed by atoms with Crippen molar-refractivity contribution in [3.05, 3.63) is 22.6 Å². The van der Waals surface area contributed by atoms with Gasteiger partial charge in [-0.25, -0.2) is 0 Å². The quantitative estimate of drug-likeness (QED) is 0.815. The van der Waals surface area contributed by atoms with Gasteiger partial charge in [0.2, 0.25) is 5.76 Å². The minimum absolute atomic E-state index is 0. The molecule has 0 saturated heterocycles. The molecular weight excluding hydrogens is 283 g/mol. The van der Waals surface area contributed by atoms with Gasteiger partial charge in [-0.15, -0.1) is 12.4 Å². The summed E-state index contributed by atoms with van der Waals surface area (Å²) in [7, 11) is 0. The Morgan fingerprint density at radius 3 is 2.80 bits per heavy atom. The second kappa shape index (κ2) is 7.73. The Bertz CT molecular complexity index is 304. The molecule has 0 bridgehead atoms. The minimum atomic E-state index is -0.195. The van der Waals surface area contributed by atoms with E-state index in [4.69, 9.17) is 4.42 Å². The van der Waals surface area contributed by atoms with Crippen molar-refractivity contribution in [3.63, 3.8) is 0 Å². The molecule has 0 unspecified atom stereocenters. The van der Waals surface area contributed by atoms with Crippen LogP contribution in [0.3, 0.4) is 0 Å². The van der Waals surface area contributed by atoms with Crippen LogP contribution in [0.25, 0.3) is 0 Å². The summed E-state index contributed by atoms with van der Waals surface area (Å²) in [6.07, 6.45) is 1.48. The number of hydrogen-bond donors (Lipinski definition) is 2. The maximum atomic E-state index is 11.4. The highest BCUT2D eigenvalue weighted by Crippen LogP contribution is 2.16. The van der Waals surface area contributed by atoms with Gasteiger partial charge in [0.25, 0.3) is 5.91 Å². The molecule has 86 valence electrons. The van der Waals surface area contributed by atoms with Gasteiger partial charge < -0.3 is 15.1 Å². The molecule has 4 nitrogen and oxygen atoms in total. The fourth-order valence-electron chi connectivity index (χ4n) is 0.977. The highest BCUT2D eigenvalue weighted by Gasteiger charge is 2.12. The second-order valence-corrected chi connectivity index (χ2v) is 3.56. The summed E-state index contributed by atoms with van der Waals surface area (Å²) in [6.45, 7) is 4.28. The Hall–Kier alpha value is -0.520. The smallest absolute Gasteiger partial charge is 0.288 e. The van der Waals surface area contributed by atoms with Crippen molar-refractivity contribution in [2.75, 3.05) is 19.6 Å². The number of rotatable bonds is 5. The summed E-state index contributed by atoms with van der Waals surface area (Å²) in [6, 6.07) is 1.69. The summed E-state index contributed by atoms with van der Waals surface area (Å²) < 4.78 is 5.68. The van der Waals surface area contributed by atoms with E-state index in [0.717, 1.165) is 13.1 Å². The molecule has 0 aromatic carbocycles. The fraction of sp³-hybridized carbons (Fsp3) is 0.444. The van der Waals surface area contributed by atoms with Crippen LogP contribution in [0.15, 0.2) is 21.2 Å².